The fourth-order valence-electron chi connectivity index (χ4n) is 3.59. The normalized spacial score (nSPS) is 22.3. The van der Waals surface area contributed by atoms with Crippen LogP contribution in [-0.4, -0.2) is 30.9 Å². The maximum absolute atomic E-state index is 12.4. The summed E-state index contributed by atoms with van der Waals surface area (Å²) in [6.45, 7) is 0.777. The molecule has 1 amide bonds. The first-order valence-corrected chi connectivity index (χ1v) is 8.78. The Morgan fingerprint density at radius 2 is 2.00 bits per heavy atom. The second kappa shape index (κ2) is 6.61. The van der Waals surface area contributed by atoms with Gasteiger partial charge < -0.3 is 19.2 Å². The number of nitrogens with one attached hydrogen (secondary N) is 1. The lowest BCUT2D eigenvalue weighted by Gasteiger charge is -2.31. The number of hydrogen-bond donors (Lipinski definition) is 1. The number of hydrogen-bond acceptors (Lipinski definition) is 5. The molecular weight excluding hydrogens is 322 g/mol. The summed E-state index contributed by atoms with van der Waals surface area (Å²) < 4.78 is 17.1. The molecule has 2 aromatic rings. The van der Waals surface area contributed by atoms with Gasteiger partial charge in [-0.15, -0.1) is 0 Å². The van der Waals surface area contributed by atoms with E-state index >= 15 is 0 Å². The Bertz CT molecular complexity index is 837. The van der Waals surface area contributed by atoms with Gasteiger partial charge >= 0.3 is 5.63 Å². The van der Waals surface area contributed by atoms with E-state index in [-0.39, 0.29) is 11.7 Å². The number of rotatable bonds is 3. The largest absolute Gasteiger partial charge is 0.422 e. The minimum atomic E-state index is -0.636. The predicted molar refractivity (Wildman–Crippen MR) is 91.5 cm³/mol. The van der Waals surface area contributed by atoms with E-state index < -0.39 is 17.3 Å². The van der Waals surface area contributed by atoms with E-state index in [1.807, 2.05) is 6.07 Å². The Morgan fingerprint density at radius 3 is 2.84 bits per heavy atom. The SMILES string of the molecule is O=C(NCC1COC2(CCCCC2)O1)c1cc2ccccc2oc1=O. The number of carbonyl (C=O) groups is 1. The zero-order chi connectivity index (χ0) is 17.3. The predicted octanol–water partition coefficient (Wildman–Crippen LogP) is 2.60. The smallest absolute Gasteiger partial charge is 0.349 e. The maximum atomic E-state index is 12.4. The van der Waals surface area contributed by atoms with Crippen molar-refractivity contribution in [3.05, 3.63) is 46.3 Å². The van der Waals surface area contributed by atoms with Crippen LogP contribution in [0.15, 0.2) is 39.5 Å². The van der Waals surface area contributed by atoms with Crippen LogP contribution >= 0.6 is 0 Å². The molecule has 0 radical (unpaired) electrons. The van der Waals surface area contributed by atoms with Gasteiger partial charge in [-0.25, -0.2) is 4.79 Å². The van der Waals surface area contributed by atoms with E-state index in [1.165, 1.54) is 6.42 Å². The Kier molecular flexibility index (Phi) is 4.31. The Balaban J connectivity index is 1.41. The number of carbonyl (C=O) groups excluding carboxylic acids is 1. The van der Waals surface area contributed by atoms with Gasteiger partial charge in [0.15, 0.2) is 5.79 Å². The van der Waals surface area contributed by atoms with Crippen molar-refractivity contribution >= 4 is 16.9 Å². The molecule has 0 bridgehead atoms. The minimum absolute atomic E-state index is 0.00462. The molecule has 2 heterocycles. The lowest BCUT2D eigenvalue weighted by atomic mass is 9.94. The van der Waals surface area contributed by atoms with Crippen LogP contribution in [0.3, 0.4) is 0 Å². The number of benzene rings is 1. The zero-order valence-electron chi connectivity index (χ0n) is 14.0. The van der Waals surface area contributed by atoms with E-state index in [4.69, 9.17) is 13.9 Å². The summed E-state index contributed by atoms with van der Waals surface area (Å²) in [5.74, 6) is -0.914. The Labute approximate surface area is 145 Å². The molecule has 132 valence electrons. The third kappa shape index (κ3) is 3.32. The van der Waals surface area contributed by atoms with Crippen LogP contribution in [0, 0.1) is 0 Å². The minimum Gasteiger partial charge on any atom is -0.422 e. The highest BCUT2D eigenvalue weighted by Gasteiger charge is 2.42. The number of ether oxygens (including phenoxy) is 2. The Hall–Kier alpha value is -2.18. The molecule has 1 unspecified atom stereocenters. The zero-order valence-corrected chi connectivity index (χ0v) is 14.0. The van der Waals surface area contributed by atoms with Crippen molar-refractivity contribution in [2.24, 2.45) is 0 Å². The van der Waals surface area contributed by atoms with Crippen molar-refractivity contribution in [2.45, 2.75) is 44.0 Å². The molecule has 6 heteroatoms. The highest BCUT2D eigenvalue weighted by molar-refractivity contribution is 5.96. The van der Waals surface area contributed by atoms with E-state index in [0.29, 0.717) is 24.1 Å². The van der Waals surface area contributed by atoms with Crippen LogP contribution in [0.2, 0.25) is 0 Å². The summed E-state index contributed by atoms with van der Waals surface area (Å²) in [5.41, 5.74) is -0.163. The van der Waals surface area contributed by atoms with Crippen LogP contribution < -0.4 is 10.9 Å². The quantitative estimate of drug-likeness (QED) is 0.867. The van der Waals surface area contributed by atoms with Gasteiger partial charge in [0.2, 0.25) is 0 Å². The van der Waals surface area contributed by atoms with Gasteiger partial charge in [-0.1, -0.05) is 24.6 Å². The summed E-state index contributed by atoms with van der Waals surface area (Å²) in [6.07, 6.45) is 5.06. The van der Waals surface area contributed by atoms with Gasteiger partial charge in [0.1, 0.15) is 17.3 Å². The molecular formula is C19H21NO5. The summed E-state index contributed by atoms with van der Waals surface area (Å²) in [4.78, 5) is 24.4. The van der Waals surface area contributed by atoms with Crippen LogP contribution in [0.5, 0.6) is 0 Å². The molecule has 1 spiro atoms. The van der Waals surface area contributed by atoms with E-state index in [2.05, 4.69) is 5.32 Å². The van der Waals surface area contributed by atoms with E-state index in [1.54, 1.807) is 24.3 Å². The second-order valence-corrected chi connectivity index (χ2v) is 6.72. The van der Waals surface area contributed by atoms with Crippen molar-refractivity contribution in [3.63, 3.8) is 0 Å². The molecule has 1 saturated heterocycles. The molecule has 1 saturated carbocycles. The molecule has 1 aromatic heterocycles. The average molecular weight is 343 g/mol. The molecule has 1 atom stereocenters. The topological polar surface area (TPSA) is 77.8 Å². The molecule has 1 aliphatic heterocycles. The molecule has 2 fully saturated rings. The number of fused-ring (bicyclic) bond motifs is 1. The lowest BCUT2D eigenvalue weighted by Crippen LogP contribution is -2.38. The third-order valence-corrected chi connectivity index (χ3v) is 4.91. The lowest BCUT2D eigenvalue weighted by molar-refractivity contribution is -0.186. The van der Waals surface area contributed by atoms with Crippen LogP contribution in [0.25, 0.3) is 11.0 Å². The van der Waals surface area contributed by atoms with E-state index in [0.717, 1.165) is 25.7 Å². The van der Waals surface area contributed by atoms with Crippen molar-refractivity contribution in [3.8, 4) is 0 Å². The van der Waals surface area contributed by atoms with Gasteiger partial charge in [0, 0.05) is 24.8 Å². The van der Waals surface area contributed by atoms with Crippen molar-refractivity contribution in [2.75, 3.05) is 13.2 Å². The van der Waals surface area contributed by atoms with Crippen LogP contribution in [0.4, 0.5) is 0 Å². The molecule has 1 N–H and O–H groups in total. The summed E-state index contributed by atoms with van der Waals surface area (Å²) in [5, 5.41) is 3.48. The summed E-state index contributed by atoms with van der Waals surface area (Å²) in [7, 11) is 0. The monoisotopic (exact) mass is 343 g/mol. The first kappa shape index (κ1) is 16.3. The van der Waals surface area contributed by atoms with Crippen LogP contribution in [-0.2, 0) is 9.47 Å². The summed E-state index contributed by atoms with van der Waals surface area (Å²) >= 11 is 0. The first-order valence-electron chi connectivity index (χ1n) is 8.78. The highest BCUT2D eigenvalue weighted by Crippen LogP contribution is 2.37. The van der Waals surface area contributed by atoms with Gasteiger partial charge in [0.25, 0.3) is 5.91 Å². The molecule has 1 aliphatic carbocycles. The van der Waals surface area contributed by atoms with E-state index in [9.17, 15) is 9.59 Å². The fraction of sp³-hybridized carbons (Fsp3) is 0.474. The molecule has 4 rings (SSSR count). The van der Waals surface area contributed by atoms with Gasteiger partial charge in [-0.3, -0.25) is 4.79 Å². The molecule has 6 nitrogen and oxygen atoms in total. The first-order chi connectivity index (χ1) is 12.2. The standard InChI is InChI=1S/C19H21NO5/c21-17(15-10-13-6-2-3-7-16(13)24-18(15)22)20-11-14-12-23-19(25-14)8-4-1-5-9-19/h2-3,6-7,10,14H,1,4-5,8-9,11-12H2,(H,20,21). The average Bonchev–Trinajstić information content (AvgIpc) is 3.02. The summed E-state index contributed by atoms with van der Waals surface area (Å²) in [6, 6.07) is 8.67. The number of para-hydroxylation sites is 1. The molecule has 2 aliphatic rings. The Morgan fingerprint density at radius 1 is 1.20 bits per heavy atom. The van der Waals surface area contributed by atoms with Gasteiger partial charge in [-0.05, 0) is 25.0 Å². The second-order valence-electron chi connectivity index (χ2n) is 6.72. The van der Waals surface area contributed by atoms with Crippen molar-refractivity contribution < 1.29 is 18.7 Å². The van der Waals surface area contributed by atoms with Crippen molar-refractivity contribution in [1.29, 1.82) is 0 Å². The fourth-order valence-corrected chi connectivity index (χ4v) is 3.59. The highest BCUT2D eigenvalue weighted by atomic mass is 16.7. The molecule has 25 heavy (non-hydrogen) atoms. The third-order valence-electron chi connectivity index (χ3n) is 4.91. The molecule has 1 aromatic carbocycles. The maximum Gasteiger partial charge on any atom is 0.349 e. The number of amides is 1. The van der Waals surface area contributed by atoms with Gasteiger partial charge in [-0.2, -0.15) is 0 Å². The van der Waals surface area contributed by atoms with Crippen molar-refractivity contribution in [1.82, 2.24) is 5.32 Å². The van der Waals surface area contributed by atoms with Crippen LogP contribution in [0.1, 0.15) is 42.5 Å². The van der Waals surface area contributed by atoms with Gasteiger partial charge in [0.05, 0.1) is 6.61 Å².